The number of rotatable bonds is 6. The normalized spacial score (nSPS) is 21.6. The Bertz CT molecular complexity index is 1310. The van der Waals surface area contributed by atoms with Crippen molar-refractivity contribution in [2.75, 3.05) is 18.6 Å². The van der Waals surface area contributed by atoms with E-state index in [1.54, 1.807) is 37.2 Å². The third kappa shape index (κ3) is 4.54. The van der Waals surface area contributed by atoms with Gasteiger partial charge in [0.25, 0.3) is 5.91 Å². The fourth-order valence-corrected chi connectivity index (χ4v) is 7.58. The van der Waals surface area contributed by atoms with Gasteiger partial charge in [0.1, 0.15) is 17.6 Å². The van der Waals surface area contributed by atoms with E-state index in [0.717, 1.165) is 5.56 Å². The first-order valence-electron chi connectivity index (χ1n) is 12.6. The van der Waals surface area contributed by atoms with E-state index < -0.39 is 14.5 Å². The van der Waals surface area contributed by atoms with Gasteiger partial charge in [-0.05, 0) is 62.0 Å². The summed E-state index contributed by atoms with van der Waals surface area (Å²) in [6.45, 7) is 5.22. The number of halogens is 1. The number of aliphatic hydroxyl groups is 1. The number of carbonyl (C=O) groups is 1. The Morgan fingerprint density at radius 1 is 1.05 bits per heavy atom. The predicted molar refractivity (Wildman–Crippen MR) is 143 cm³/mol. The Balaban J connectivity index is 1.60. The molecule has 0 bridgehead atoms. The van der Waals surface area contributed by atoms with Gasteiger partial charge in [0.15, 0.2) is 5.75 Å². The van der Waals surface area contributed by atoms with Crippen molar-refractivity contribution in [1.29, 1.82) is 0 Å². The fourth-order valence-electron chi connectivity index (χ4n) is 5.61. The lowest BCUT2D eigenvalue weighted by Gasteiger charge is -2.43. The monoisotopic (exact) mass is 521 g/mol. The standard InChI is InChI=1S/C29H32FNO5Si/c1-18-27(34-2)21-17-19(13-14-24(21)36-28(18)26(15-16-32)37(3,4)30)31-22-10-6-8-12-25(22)35-23-11-7-5-9-20(23)29(31)33/h5-14,17-18,26-28,32H,15-16H2,1-4H3/t18-,26?,27-,28-/m1/s1. The highest BCUT2D eigenvalue weighted by atomic mass is 28.4. The smallest absolute Gasteiger partial charge is 0.266 e. The Labute approximate surface area is 217 Å². The number of fused-ring (bicyclic) bond motifs is 3. The minimum absolute atomic E-state index is 0.0962. The number of hydrogen-bond donors (Lipinski definition) is 1. The van der Waals surface area contributed by atoms with Gasteiger partial charge in [-0.1, -0.05) is 31.2 Å². The summed E-state index contributed by atoms with van der Waals surface area (Å²) in [4.78, 5) is 15.5. The van der Waals surface area contributed by atoms with E-state index >= 15 is 4.11 Å². The summed E-state index contributed by atoms with van der Waals surface area (Å²) >= 11 is 0. The van der Waals surface area contributed by atoms with Gasteiger partial charge in [-0.25, -0.2) is 0 Å². The molecule has 0 spiro atoms. The van der Waals surface area contributed by atoms with Gasteiger partial charge >= 0.3 is 0 Å². The lowest BCUT2D eigenvalue weighted by Crippen LogP contribution is -2.46. The molecule has 194 valence electrons. The molecule has 1 unspecified atom stereocenters. The Kier molecular flexibility index (Phi) is 6.83. The van der Waals surface area contributed by atoms with Gasteiger partial charge in [0.2, 0.25) is 8.41 Å². The highest BCUT2D eigenvalue weighted by Crippen LogP contribution is 2.49. The van der Waals surface area contributed by atoms with E-state index in [1.807, 2.05) is 61.5 Å². The van der Waals surface area contributed by atoms with Gasteiger partial charge in [-0.15, -0.1) is 0 Å². The summed E-state index contributed by atoms with van der Waals surface area (Å²) in [6.07, 6.45) is -0.456. The Morgan fingerprint density at radius 2 is 1.76 bits per heavy atom. The largest absolute Gasteiger partial charge is 0.490 e. The third-order valence-electron chi connectivity index (χ3n) is 7.44. The van der Waals surface area contributed by atoms with E-state index in [9.17, 15) is 9.90 Å². The first kappa shape index (κ1) is 25.4. The molecule has 5 rings (SSSR count). The molecule has 4 atom stereocenters. The number of methoxy groups -OCH3 is 1. The molecule has 8 heteroatoms. The van der Waals surface area contributed by atoms with Gasteiger partial charge < -0.3 is 23.4 Å². The second-order valence-corrected chi connectivity index (χ2v) is 14.1. The van der Waals surface area contributed by atoms with Crippen LogP contribution in [0.3, 0.4) is 0 Å². The number of ether oxygens (including phenoxy) is 3. The van der Waals surface area contributed by atoms with Crippen molar-refractivity contribution in [1.82, 2.24) is 0 Å². The first-order valence-corrected chi connectivity index (χ1v) is 15.5. The number of nitrogens with zero attached hydrogens (tertiary/aromatic N) is 1. The predicted octanol–water partition coefficient (Wildman–Crippen LogP) is 6.78. The SMILES string of the molecule is CO[C@H]1c2cc(N3C(=O)c4ccccc4Oc4ccccc43)ccc2O[C@@H](C(CCO)[Si](C)(C)F)[C@@H]1C. The minimum atomic E-state index is -3.13. The van der Waals surface area contributed by atoms with Crippen LogP contribution in [-0.4, -0.2) is 39.2 Å². The van der Waals surface area contributed by atoms with E-state index in [2.05, 4.69) is 0 Å². The van der Waals surface area contributed by atoms with Crippen molar-refractivity contribution in [2.45, 2.75) is 44.2 Å². The fraction of sp³-hybridized carbons (Fsp3) is 0.345. The van der Waals surface area contributed by atoms with Gasteiger partial charge in [-0.3, -0.25) is 9.69 Å². The average Bonchev–Trinajstić information content (AvgIpc) is 3.00. The number of anilines is 2. The quantitative estimate of drug-likeness (QED) is 0.286. The zero-order valence-corrected chi connectivity index (χ0v) is 22.5. The minimum Gasteiger partial charge on any atom is -0.490 e. The topological polar surface area (TPSA) is 68.2 Å². The van der Waals surface area contributed by atoms with Crippen LogP contribution in [0, 0.1) is 5.92 Å². The highest BCUT2D eigenvalue weighted by Gasteiger charge is 2.47. The van der Waals surface area contributed by atoms with Crippen LogP contribution in [0.1, 0.15) is 35.4 Å². The molecule has 2 aliphatic rings. The van der Waals surface area contributed by atoms with E-state index in [1.165, 1.54) is 0 Å². The molecule has 37 heavy (non-hydrogen) atoms. The van der Waals surface area contributed by atoms with E-state index in [4.69, 9.17) is 14.2 Å². The van der Waals surface area contributed by atoms with Crippen molar-refractivity contribution in [3.63, 3.8) is 0 Å². The number of para-hydroxylation sites is 3. The molecule has 3 aromatic rings. The summed E-state index contributed by atoms with van der Waals surface area (Å²) in [5, 5.41) is 9.63. The van der Waals surface area contributed by atoms with Crippen LogP contribution >= 0.6 is 0 Å². The Morgan fingerprint density at radius 3 is 2.46 bits per heavy atom. The molecular formula is C29H32FNO5Si. The van der Waals surface area contributed by atoms with Crippen molar-refractivity contribution >= 4 is 25.7 Å². The molecule has 1 amide bonds. The van der Waals surface area contributed by atoms with Gasteiger partial charge in [0, 0.05) is 30.7 Å². The van der Waals surface area contributed by atoms with E-state index in [0.29, 0.717) is 40.6 Å². The number of aliphatic hydroxyl groups excluding tert-OH is 1. The number of hydrogen-bond acceptors (Lipinski definition) is 5. The number of carbonyl (C=O) groups excluding carboxylic acids is 1. The van der Waals surface area contributed by atoms with Gasteiger partial charge in [0.05, 0.1) is 23.0 Å². The summed E-state index contributed by atoms with van der Waals surface area (Å²) in [5.41, 5.74) is 2.17. The van der Waals surface area contributed by atoms with Crippen molar-refractivity contribution < 1.29 is 28.2 Å². The van der Waals surface area contributed by atoms with Crippen molar-refractivity contribution in [3.05, 3.63) is 77.9 Å². The zero-order valence-electron chi connectivity index (χ0n) is 21.5. The Hall–Kier alpha value is -3.20. The second-order valence-electron chi connectivity index (χ2n) is 10.2. The van der Waals surface area contributed by atoms with Gasteiger partial charge in [-0.2, -0.15) is 0 Å². The molecule has 2 heterocycles. The molecule has 2 aliphatic heterocycles. The van der Waals surface area contributed by atoms with Crippen LogP contribution in [0.2, 0.25) is 18.6 Å². The van der Waals surface area contributed by atoms with Crippen LogP contribution in [0.15, 0.2) is 66.7 Å². The summed E-state index contributed by atoms with van der Waals surface area (Å²) in [5.74, 6) is 1.32. The number of benzene rings is 3. The first-order chi connectivity index (χ1) is 17.7. The number of amides is 1. The molecule has 3 aromatic carbocycles. The maximum Gasteiger partial charge on any atom is 0.266 e. The maximum absolute atomic E-state index is 15.3. The molecule has 0 radical (unpaired) electrons. The summed E-state index contributed by atoms with van der Waals surface area (Å²) in [6, 6.07) is 20.2. The van der Waals surface area contributed by atoms with Crippen LogP contribution in [0.5, 0.6) is 17.2 Å². The van der Waals surface area contributed by atoms with Crippen LogP contribution < -0.4 is 14.4 Å². The van der Waals surface area contributed by atoms with Crippen LogP contribution in [0.4, 0.5) is 15.5 Å². The molecule has 6 nitrogen and oxygen atoms in total. The van der Waals surface area contributed by atoms with Crippen molar-refractivity contribution in [2.24, 2.45) is 5.92 Å². The van der Waals surface area contributed by atoms with E-state index in [-0.39, 0.29) is 30.1 Å². The molecule has 0 aliphatic carbocycles. The highest BCUT2D eigenvalue weighted by molar-refractivity contribution is 6.72. The maximum atomic E-state index is 15.3. The third-order valence-corrected chi connectivity index (χ3v) is 9.82. The molecule has 0 aromatic heterocycles. The van der Waals surface area contributed by atoms with Crippen LogP contribution in [0.25, 0.3) is 0 Å². The molecule has 0 fully saturated rings. The second kappa shape index (κ2) is 9.93. The molecule has 0 saturated carbocycles. The summed E-state index contributed by atoms with van der Waals surface area (Å²) < 4.78 is 33.8. The average molecular weight is 522 g/mol. The van der Waals surface area contributed by atoms with Crippen molar-refractivity contribution in [3.8, 4) is 17.2 Å². The van der Waals surface area contributed by atoms with Crippen LogP contribution in [-0.2, 0) is 4.74 Å². The molecule has 0 saturated heterocycles. The summed E-state index contributed by atoms with van der Waals surface area (Å²) in [7, 11) is -1.50. The zero-order chi connectivity index (χ0) is 26.3. The molecular weight excluding hydrogens is 489 g/mol. The lowest BCUT2D eigenvalue weighted by molar-refractivity contribution is -0.0250. The molecule has 1 N–H and O–H groups in total. The lowest BCUT2D eigenvalue weighted by atomic mass is 9.86.